The van der Waals surface area contributed by atoms with Crippen LogP contribution < -0.4 is 47.4 Å². The Morgan fingerprint density at radius 2 is 0.622 bits per heavy atom. The Morgan fingerprint density at radius 1 is 0.297 bits per heavy atom. The van der Waals surface area contributed by atoms with Crippen LogP contribution in [0, 0.1) is 53.5 Å². The number of aryl methyl sites for hydroxylation is 1. The molecule has 384 valence electrons. The Bertz CT molecular complexity index is 3030. The maximum Gasteiger partial charge on any atom is 0.322 e. The van der Waals surface area contributed by atoms with Crippen LogP contribution in [0.15, 0.2) is 66.7 Å². The fourth-order valence-electron chi connectivity index (χ4n) is 5.75. The van der Waals surface area contributed by atoms with Crippen molar-refractivity contribution in [2.75, 3.05) is 0 Å². The summed E-state index contributed by atoms with van der Waals surface area (Å²) in [5.41, 5.74) is 0.769. The Labute approximate surface area is 405 Å². The summed E-state index contributed by atoms with van der Waals surface area (Å²) in [7, 11) is 0. The van der Waals surface area contributed by atoms with Crippen molar-refractivity contribution in [3.8, 4) is 57.5 Å². The van der Waals surface area contributed by atoms with Crippen LogP contribution in [-0.2, 0) is 47.9 Å². The van der Waals surface area contributed by atoms with E-state index in [0.717, 1.165) is 35.9 Å². The molecule has 5 heterocycles. The third-order valence-electron chi connectivity index (χ3n) is 8.85. The highest BCUT2D eigenvalue weighted by atomic mass is 19.2. The smallest absolute Gasteiger partial charge is 0.322 e. The molecule has 0 amide bonds. The molecular weight excluding hydrogens is 1020 g/mol. The lowest BCUT2D eigenvalue weighted by atomic mass is 10.2. The van der Waals surface area contributed by atoms with Gasteiger partial charge < -0.3 is 47.4 Å². The maximum absolute atomic E-state index is 13.2. The number of hydrogen-bond acceptors (Lipinski definition) is 20. The number of hydrogen-bond donors (Lipinski definition) is 0. The number of ether oxygens (including phenoxy) is 10. The van der Waals surface area contributed by atoms with Crippen LogP contribution in [0.5, 0.6) is 57.5 Å². The summed E-state index contributed by atoms with van der Waals surface area (Å²) in [5, 5.41) is 0. The first kappa shape index (κ1) is 53.6. The zero-order valence-electron chi connectivity index (χ0n) is 36.6. The van der Waals surface area contributed by atoms with Crippen LogP contribution in [0.25, 0.3) is 0 Å². The van der Waals surface area contributed by atoms with Crippen LogP contribution in [0.4, 0.5) is 35.1 Å². The second-order valence-electron chi connectivity index (χ2n) is 14.3. The molecule has 0 saturated heterocycles. The number of carbonyl (C=O) groups is 10. The van der Waals surface area contributed by atoms with E-state index in [1.54, 1.807) is 25.1 Å². The van der Waals surface area contributed by atoms with Crippen LogP contribution in [0.3, 0.4) is 0 Å². The number of fused-ring (bicyclic) bond motifs is 5. The first-order valence-corrected chi connectivity index (χ1v) is 20.1. The molecule has 0 aromatic heterocycles. The minimum absolute atomic E-state index is 0.0576. The number of esters is 10. The van der Waals surface area contributed by atoms with E-state index in [4.69, 9.17) is 14.2 Å². The normalized spacial score (nSPS) is 15.1. The van der Waals surface area contributed by atoms with Gasteiger partial charge in [0.25, 0.3) is 0 Å². The fourth-order valence-corrected chi connectivity index (χ4v) is 5.75. The first-order valence-electron chi connectivity index (χ1n) is 20.1. The maximum atomic E-state index is 13.2. The number of halogens is 8. The van der Waals surface area contributed by atoms with Gasteiger partial charge in [-0.2, -0.15) is 8.78 Å². The van der Waals surface area contributed by atoms with Gasteiger partial charge in [-0.3, -0.25) is 47.9 Å². The van der Waals surface area contributed by atoms with Crippen LogP contribution in [0.2, 0.25) is 0 Å². The summed E-state index contributed by atoms with van der Waals surface area (Å²) in [6, 6.07) is 13.9. The van der Waals surface area contributed by atoms with E-state index in [-0.39, 0.29) is 29.4 Å². The number of para-hydroxylation sites is 2. The molecule has 10 rings (SSSR count). The van der Waals surface area contributed by atoms with Gasteiger partial charge >= 0.3 is 59.7 Å². The van der Waals surface area contributed by atoms with Crippen molar-refractivity contribution in [1.29, 1.82) is 0 Å². The topological polar surface area (TPSA) is 263 Å². The lowest BCUT2D eigenvalue weighted by Crippen LogP contribution is -2.13. The summed E-state index contributed by atoms with van der Waals surface area (Å²) >= 11 is 0. The SMILES string of the molecule is Cc1cccc2c1OC(=O)CC(=O)O2.O=C1CC(=O)Oc2c(F)c(F)c(F)c(F)c2O1.O=C1CC(=O)Oc2c(F)ccc(F)c2O1.O=C1CC(=O)Oc2c(F)cccc2O1.O=C1CC(=O)Oc2cc(F)ccc2O1. The van der Waals surface area contributed by atoms with Crippen molar-refractivity contribution in [2.24, 2.45) is 0 Å². The third-order valence-corrected chi connectivity index (χ3v) is 8.85. The predicted molar refractivity (Wildman–Crippen MR) is 216 cm³/mol. The highest BCUT2D eigenvalue weighted by Gasteiger charge is 2.35. The van der Waals surface area contributed by atoms with Gasteiger partial charge in [0, 0.05) is 6.07 Å². The standard InChI is InChI=1S/C10H8O4.C9H2F4O4.C9H4F2O4.2C9H5FO4/c1-6-3-2-4-7-10(6)14-9(12)5-8(11)13-7;10-4-5(11)7(13)9-8(6(4)12)16-2(14)1-3(15)17-9;10-4-1-2-5(11)9-8(4)14-6(12)3-7(13)15-9;10-5-1-2-6-7(3-5)14-9(12)4-8(11)13-6;10-5-2-1-3-6-9(5)14-8(12)4-7(11)13-6/h2-4H,5H2,1H3;1H2;1-2H,3H2;2*1-3H,4H2. The Hall–Kier alpha value is -9.76. The molecular formula is C46H24F8O20. The molecule has 5 aromatic carbocycles. The van der Waals surface area contributed by atoms with E-state index in [1.165, 1.54) is 18.2 Å². The van der Waals surface area contributed by atoms with E-state index in [9.17, 15) is 83.1 Å². The molecule has 0 bridgehead atoms. The van der Waals surface area contributed by atoms with E-state index in [2.05, 4.69) is 33.2 Å². The van der Waals surface area contributed by atoms with Gasteiger partial charge in [-0.15, -0.1) is 0 Å². The quantitative estimate of drug-likeness (QED) is 0.0435. The molecule has 0 unspecified atom stereocenters. The minimum Gasteiger partial charge on any atom is -0.422 e. The molecule has 20 nitrogen and oxygen atoms in total. The van der Waals surface area contributed by atoms with Crippen molar-refractivity contribution < 1.29 is 130 Å². The van der Waals surface area contributed by atoms with Crippen LogP contribution >= 0.6 is 0 Å². The van der Waals surface area contributed by atoms with Gasteiger partial charge in [-0.1, -0.05) is 18.2 Å². The molecule has 74 heavy (non-hydrogen) atoms. The summed E-state index contributed by atoms with van der Waals surface area (Å²) in [5.74, 6) is -23.8. The van der Waals surface area contributed by atoms with Gasteiger partial charge in [0.15, 0.2) is 46.2 Å². The van der Waals surface area contributed by atoms with E-state index in [0.29, 0.717) is 11.5 Å². The van der Waals surface area contributed by atoms with Crippen molar-refractivity contribution >= 4 is 59.7 Å². The van der Waals surface area contributed by atoms with Crippen molar-refractivity contribution in [2.45, 2.75) is 39.0 Å². The van der Waals surface area contributed by atoms with Crippen molar-refractivity contribution in [3.63, 3.8) is 0 Å². The summed E-state index contributed by atoms with van der Waals surface area (Å²) in [4.78, 5) is 109. The number of carbonyl (C=O) groups excluding carboxylic acids is 10. The van der Waals surface area contributed by atoms with E-state index < -0.39 is 155 Å². The zero-order chi connectivity index (χ0) is 54.1. The monoisotopic (exact) mass is 1050 g/mol. The molecule has 5 aromatic rings. The van der Waals surface area contributed by atoms with E-state index >= 15 is 0 Å². The van der Waals surface area contributed by atoms with Gasteiger partial charge in [-0.05, 0) is 55.0 Å². The van der Waals surface area contributed by atoms with Gasteiger partial charge in [0.1, 0.15) is 37.9 Å². The summed E-state index contributed by atoms with van der Waals surface area (Å²) in [6.45, 7) is 1.78. The van der Waals surface area contributed by atoms with Gasteiger partial charge in [0.2, 0.25) is 52.0 Å². The summed E-state index contributed by atoms with van der Waals surface area (Å²) in [6.07, 6.45) is -2.90. The highest BCUT2D eigenvalue weighted by Crippen LogP contribution is 2.40. The largest absolute Gasteiger partial charge is 0.422 e. The molecule has 0 fully saturated rings. The summed E-state index contributed by atoms with van der Waals surface area (Å²) < 4.78 is 150. The zero-order valence-corrected chi connectivity index (χ0v) is 36.6. The molecule has 5 aliphatic rings. The minimum atomic E-state index is -2.16. The van der Waals surface area contributed by atoms with Crippen molar-refractivity contribution in [1.82, 2.24) is 0 Å². The lowest BCUT2D eigenvalue weighted by molar-refractivity contribution is -0.144. The van der Waals surface area contributed by atoms with Gasteiger partial charge in [0.05, 0.1) is 0 Å². The first-order chi connectivity index (χ1) is 35.0. The van der Waals surface area contributed by atoms with Gasteiger partial charge in [-0.25, -0.2) is 26.3 Å². The molecule has 5 aliphatic heterocycles. The van der Waals surface area contributed by atoms with Crippen LogP contribution in [0.1, 0.15) is 37.7 Å². The average Bonchev–Trinajstić information content (AvgIpc) is 3.79. The molecule has 0 saturated carbocycles. The Morgan fingerprint density at radius 3 is 1.07 bits per heavy atom. The highest BCUT2D eigenvalue weighted by molar-refractivity contribution is 5.97. The molecule has 0 aliphatic carbocycles. The number of benzene rings is 5. The van der Waals surface area contributed by atoms with Crippen molar-refractivity contribution in [3.05, 3.63) is 119 Å². The average molecular weight is 1050 g/mol. The Balaban J connectivity index is 0.000000151. The fraction of sp³-hybridized carbons (Fsp3) is 0.130. The lowest BCUT2D eigenvalue weighted by Gasteiger charge is -2.08. The second kappa shape index (κ2) is 23.0. The molecule has 0 N–H and O–H groups in total. The van der Waals surface area contributed by atoms with E-state index in [1.807, 2.05) is 0 Å². The third kappa shape index (κ3) is 13.3. The molecule has 28 heteroatoms. The Kier molecular flexibility index (Phi) is 16.6. The van der Waals surface area contributed by atoms with Crippen LogP contribution in [-0.4, -0.2) is 59.7 Å². The molecule has 0 radical (unpaired) electrons. The number of rotatable bonds is 0. The molecule has 0 spiro atoms. The predicted octanol–water partition coefficient (Wildman–Crippen LogP) is 5.93. The molecule has 0 atom stereocenters. The second-order valence-corrected chi connectivity index (χ2v) is 14.3.